The predicted molar refractivity (Wildman–Crippen MR) is 164 cm³/mol. The highest BCUT2D eigenvalue weighted by Crippen LogP contribution is 2.62. The molecule has 0 saturated heterocycles. The smallest absolute Gasteiger partial charge is 0.376 e. The second kappa shape index (κ2) is 22.5. The van der Waals surface area contributed by atoms with Crippen LogP contribution in [0.4, 0.5) is 114 Å². The van der Waals surface area contributed by atoms with Crippen molar-refractivity contribution in [1.29, 1.82) is 0 Å². The number of allylic oxidation sites excluding steroid dienone is 1. The number of hydrogen-bond donors (Lipinski definition) is 0. The second-order valence-corrected chi connectivity index (χ2v) is 15.6. The Labute approximate surface area is 337 Å². The molecule has 0 amide bonds. The van der Waals surface area contributed by atoms with E-state index in [1.165, 1.54) is 20.8 Å². The van der Waals surface area contributed by atoms with Gasteiger partial charge >= 0.3 is 89.9 Å². The highest BCUT2D eigenvalue weighted by molar-refractivity contribution is 6.60. The lowest BCUT2D eigenvalue weighted by Crippen LogP contribution is -2.70. The molecule has 376 valence electrons. The first kappa shape index (κ1) is 64.4. The molecule has 0 heterocycles. The van der Waals surface area contributed by atoms with Crippen molar-refractivity contribution in [2.75, 3.05) is 39.6 Å². The summed E-state index contributed by atoms with van der Waals surface area (Å²) in [6.07, 6.45) is -18.5. The molecule has 0 unspecified atom stereocenters. The average molecular weight is 1020 g/mol. The maximum Gasteiger partial charge on any atom is 0.501 e. The van der Waals surface area contributed by atoms with Gasteiger partial charge in [-0.1, -0.05) is 6.58 Å². The zero-order valence-electron chi connectivity index (χ0n) is 32.3. The van der Waals surface area contributed by atoms with E-state index in [0.717, 1.165) is 0 Å². The van der Waals surface area contributed by atoms with E-state index in [1.54, 1.807) is 0 Å². The normalized spacial score (nSPS) is 14.9. The first-order chi connectivity index (χ1) is 27.3. The summed E-state index contributed by atoms with van der Waals surface area (Å²) in [4.78, 5) is 0. The first-order valence-corrected chi connectivity index (χ1v) is 20.0. The average Bonchev–Trinajstić information content (AvgIpc) is 3.10. The number of rotatable bonds is 24. The standard InChI is InChI=1S/C14H19F13O3Si.C8H3F13.C6H16O3Si/c1-4-28-31(29-5-2,30-6-3)8-7-9(15,16)10(17,18)11(19,20)12(21,22)13(23,24)14(25,26)27;1-2-3(9,10)4(11,12)5(13,14)6(15,16)7(17,18)8(19,20)21;1-4-7-10(8-5-2)9-6-3/h4-8H2,1-3H3;2H,1H2;10H,4-6H2,1-3H3. The van der Waals surface area contributed by atoms with Crippen molar-refractivity contribution in [2.45, 2.75) is 126 Å². The van der Waals surface area contributed by atoms with Crippen LogP contribution < -0.4 is 0 Å². The SMILES string of the molecule is C=CC(F)(F)C(F)(F)C(F)(F)C(F)(F)C(F)(F)C(F)(F)F.CCO[SiH](OCC)OCC.CCO[Si](CCC(F)(F)C(F)(F)C(F)(F)C(F)(F)C(F)(F)C(F)(F)F)(OCC)OCC. The van der Waals surface area contributed by atoms with Crippen LogP contribution in [0.3, 0.4) is 0 Å². The topological polar surface area (TPSA) is 55.4 Å². The molecule has 0 aromatic rings. The molecule has 0 spiro atoms. The van der Waals surface area contributed by atoms with Gasteiger partial charge in [-0.3, -0.25) is 0 Å². The summed E-state index contributed by atoms with van der Waals surface area (Å²) in [6.45, 7) is 12.7. The summed E-state index contributed by atoms with van der Waals surface area (Å²) in [7, 11) is -5.96. The molecule has 0 aliphatic carbocycles. The van der Waals surface area contributed by atoms with E-state index in [4.69, 9.17) is 26.6 Å². The van der Waals surface area contributed by atoms with Gasteiger partial charge in [-0.15, -0.1) is 0 Å². The molecule has 0 aliphatic heterocycles. The van der Waals surface area contributed by atoms with Gasteiger partial charge in [-0.05, 0) is 47.6 Å². The van der Waals surface area contributed by atoms with Crippen LogP contribution in [0.1, 0.15) is 48.0 Å². The fourth-order valence-electron chi connectivity index (χ4n) is 3.73. The minimum absolute atomic E-state index is 0.291. The Balaban J connectivity index is -0.000000961. The van der Waals surface area contributed by atoms with Crippen LogP contribution in [-0.2, 0) is 26.6 Å². The third-order valence-electron chi connectivity index (χ3n) is 6.96. The van der Waals surface area contributed by atoms with Gasteiger partial charge in [-0.25, -0.2) is 0 Å². The Hall–Kier alpha value is -1.89. The van der Waals surface area contributed by atoms with Gasteiger partial charge in [-0.2, -0.15) is 114 Å². The maximum absolute atomic E-state index is 13.9. The zero-order valence-corrected chi connectivity index (χ0v) is 34.4. The van der Waals surface area contributed by atoms with Gasteiger partial charge in [0.2, 0.25) is 0 Å². The van der Waals surface area contributed by atoms with Gasteiger partial charge in [0.25, 0.3) is 0 Å². The van der Waals surface area contributed by atoms with Crippen molar-refractivity contribution in [2.24, 2.45) is 0 Å². The van der Waals surface area contributed by atoms with E-state index in [0.29, 0.717) is 19.8 Å². The first-order valence-electron chi connectivity index (χ1n) is 16.6. The molecule has 0 bridgehead atoms. The van der Waals surface area contributed by atoms with Crippen molar-refractivity contribution in [3.63, 3.8) is 0 Å². The fraction of sp³-hybridized carbons (Fsp3) is 0.929. The van der Waals surface area contributed by atoms with Crippen LogP contribution in [0.2, 0.25) is 6.04 Å². The number of halogens is 26. The van der Waals surface area contributed by atoms with Crippen molar-refractivity contribution in [1.82, 2.24) is 0 Å². The molecule has 6 nitrogen and oxygen atoms in total. The summed E-state index contributed by atoms with van der Waals surface area (Å²) >= 11 is 0. The van der Waals surface area contributed by atoms with E-state index >= 15 is 0 Å². The van der Waals surface area contributed by atoms with Gasteiger partial charge in [0.1, 0.15) is 0 Å². The highest BCUT2D eigenvalue weighted by Gasteiger charge is 2.92. The molecule has 0 saturated carbocycles. The van der Waals surface area contributed by atoms with Gasteiger partial charge < -0.3 is 26.6 Å². The molecular formula is C28H38F26O6Si2. The van der Waals surface area contributed by atoms with E-state index < -0.39 is 108 Å². The molecule has 0 radical (unpaired) electrons. The summed E-state index contributed by atoms with van der Waals surface area (Å²) in [5.41, 5.74) is 0. The molecule has 0 N–H and O–H groups in total. The van der Waals surface area contributed by atoms with Crippen LogP contribution in [0.15, 0.2) is 12.7 Å². The predicted octanol–water partition coefficient (Wildman–Crippen LogP) is 11.9. The highest BCUT2D eigenvalue weighted by atomic mass is 28.4. The van der Waals surface area contributed by atoms with Gasteiger partial charge in [0, 0.05) is 52.1 Å². The summed E-state index contributed by atoms with van der Waals surface area (Å²) in [6, 6.07) is -1.36. The lowest BCUT2D eigenvalue weighted by atomic mass is 9.93. The Morgan fingerprint density at radius 2 is 0.645 bits per heavy atom. The quantitative estimate of drug-likeness (QED) is 0.0546. The van der Waals surface area contributed by atoms with Gasteiger partial charge in [0.05, 0.1) is 0 Å². The molecule has 34 heteroatoms. The minimum Gasteiger partial charge on any atom is -0.376 e. The van der Waals surface area contributed by atoms with Crippen LogP contribution in [0.25, 0.3) is 0 Å². The summed E-state index contributed by atoms with van der Waals surface area (Å²) in [5.74, 6) is -73.7. The van der Waals surface area contributed by atoms with Crippen LogP contribution >= 0.6 is 0 Å². The van der Waals surface area contributed by atoms with Gasteiger partial charge in [0.15, 0.2) is 0 Å². The second-order valence-electron chi connectivity index (χ2n) is 11.3. The monoisotopic (exact) mass is 1020 g/mol. The fourth-order valence-corrected chi connectivity index (χ4v) is 7.46. The van der Waals surface area contributed by atoms with Crippen molar-refractivity contribution < 1.29 is 141 Å². The Kier molecular flexibility index (Phi) is 23.4. The Bertz CT molecular complexity index is 1300. The van der Waals surface area contributed by atoms with Crippen molar-refractivity contribution >= 4 is 18.3 Å². The molecule has 0 aliphatic rings. The third kappa shape index (κ3) is 13.4. The molecule has 62 heavy (non-hydrogen) atoms. The molecular weight excluding hydrogens is 982 g/mol. The van der Waals surface area contributed by atoms with E-state index in [1.807, 2.05) is 27.4 Å². The number of hydrogen-bond acceptors (Lipinski definition) is 6. The van der Waals surface area contributed by atoms with Crippen LogP contribution in [0.5, 0.6) is 0 Å². The maximum atomic E-state index is 13.9. The zero-order chi connectivity index (χ0) is 50.7. The number of alkyl halides is 26. The summed E-state index contributed by atoms with van der Waals surface area (Å²) < 4.78 is 361. The van der Waals surface area contributed by atoms with E-state index in [-0.39, 0.29) is 19.8 Å². The van der Waals surface area contributed by atoms with Crippen LogP contribution in [0, 0.1) is 0 Å². The third-order valence-corrected chi connectivity index (χ3v) is 11.8. The van der Waals surface area contributed by atoms with E-state index in [9.17, 15) is 114 Å². The Morgan fingerprint density at radius 3 is 0.871 bits per heavy atom. The Morgan fingerprint density at radius 1 is 0.387 bits per heavy atom. The van der Waals surface area contributed by atoms with Crippen molar-refractivity contribution in [3.05, 3.63) is 12.7 Å². The molecule has 0 fully saturated rings. The largest absolute Gasteiger partial charge is 0.501 e. The van der Waals surface area contributed by atoms with E-state index in [2.05, 4.69) is 0 Å². The van der Waals surface area contributed by atoms with Crippen molar-refractivity contribution in [3.8, 4) is 0 Å². The summed E-state index contributed by atoms with van der Waals surface area (Å²) in [5, 5.41) is 0. The molecule has 0 aromatic heterocycles. The lowest BCUT2D eigenvalue weighted by Gasteiger charge is -2.40. The van der Waals surface area contributed by atoms with Crippen LogP contribution in [-0.4, -0.2) is 130 Å². The lowest BCUT2D eigenvalue weighted by molar-refractivity contribution is -0.440. The molecule has 0 aromatic carbocycles. The molecule has 0 atom stereocenters. The minimum atomic E-state index is -7.92. The molecule has 0 rings (SSSR count).